The van der Waals surface area contributed by atoms with Crippen molar-refractivity contribution in [1.29, 1.82) is 0 Å². The van der Waals surface area contributed by atoms with Gasteiger partial charge in [0.25, 0.3) is 5.91 Å². The second kappa shape index (κ2) is 7.28. The minimum absolute atomic E-state index is 0.0427. The van der Waals surface area contributed by atoms with Crippen LogP contribution in [0.25, 0.3) is 5.70 Å². The molecule has 31 heavy (non-hydrogen) atoms. The van der Waals surface area contributed by atoms with Gasteiger partial charge in [-0.2, -0.15) is 0 Å². The zero-order valence-corrected chi connectivity index (χ0v) is 16.4. The Morgan fingerprint density at radius 2 is 1.84 bits per heavy atom. The Hall–Kier alpha value is -4.13. The summed E-state index contributed by atoms with van der Waals surface area (Å²) in [5.74, 6) is -1.24. The summed E-state index contributed by atoms with van der Waals surface area (Å²) >= 11 is 0. The molecule has 1 atom stereocenters. The van der Waals surface area contributed by atoms with Crippen LogP contribution in [0.1, 0.15) is 17.5 Å². The van der Waals surface area contributed by atoms with E-state index in [0.29, 0.717) is 23.3 Å². The number of rotatable bonds is 5. The van der Waals surface area contributed by atoms with Crippen molar-refractivity contribution >= 4 is 29.4 Å². The van der Waals surface area contributed by atoms with Crippen molar-refractivity contribution in [2.24, 2.45) is 0 Å². The van der Waals surface area contributed by atoms with E-state index < -0.39 is 18.2 Å². The van der Waals surface area contributed by atoms with Crippen molar-refractivity contribution in [3.8, 4) is 0 Å². The van der Waals surface area contributed by atoms with Gasteiger partial charge in [0.1, 0.15) is 0 Å². The van der Waals surface area contributed by atoms with Gasteiger partial charge in [0.2, 0.25) is 6.10 Å². The first-order chi connectivity index (χ1) is 15.0. The summed E-state index contributed by atoms with van der Waals surface area (Å²) in [6.45, 7) is 0. The standard InChI is InChI=1S/C24H18N2O5/c27-19(28)13-14-9-11-16(12-10-14)25-21(15-5-2-1-3-6-15)17-7-4-8-18-20(17)22-23(29)26(18)24(30)31-22/h1-6,8-12,22,25H,7,13H2,(H,27,28). The zero-order valence-electron chi connectivity index (χ0n) is 16.4. The lowest BCUT2D eigenvalue weighted by Gasteiger charge is -2.25. The van der Waals surface area contributed by atoms with Gasteiger partial charge in [-0.15, -0.1) is 0 Å². The number of aliphatic carboxylic acids is 1. The van der Waals surface area contributed by atoms with E-state index >= 15 is 0 Å². The number of carbonyl (C=O) groups excluding carboxylic acids is 2. The van der Waals surface area contributed by atoms with Gasteiger partial charge < -0.3 is 15.2 Å². The second-order valence-electron chi connectivity index (χ2n) is 7.45. The van der Waals surface area contributed by atoms with Gasteiger partial charge in [-0.1, -0.05) is 48.5 Å². The van der Waals surface area contributed by atoms with Crippen LogP contribution in [-0.2, 0) is 20.7 Å². The molecular formula is C24H18N2O5. The minimum Gasteiger partial charge on any atom is -0.481 e. The van der Waals surface area contributed by atoms with Crippen molar-refractivity contribution in [3.05, 3.63) is 94.7 Å². The van der Waals surface area contributed by atoms with Gasteiger partial charge >= 0.3 is 12.1 Å². The van der Waals surface area contributed by atoms with E-state index in [-0.39, 0.29) is 12.3 Å². The van der Waals surface area contributed by atoms with Crippen LogP contribution in [0.3, 0.4) is 0 Å². The third-order valence-corrected chi connectivity index (χ3v) is 5.49. The topological polar surface area (TPSA) is 95.9 Å². The number of benzene rings is 2. The Morgan fingerprint density at radius 3 is 2.55 bits per heavy atom. The number of amides is 2. The van der Waals surface area contributed by atoms with E-state index in [1.165, 1.54) is 0 Å². The molecule has 5 rings (SSSR count). The molecule has 2 heterocycles. The van der Waals surface area contributed by atoms with Crippen molar-refractivity contribution in [2.45, 2.75) is 18.9 Å². The number of nitrogens with one attached hydrogen (secondary N) is 1. The van der Waals surface area contributed by atoms with E-state index in [2.05, 4.69) is 5.32 Å². The number of ether oxygens (including phenoxy) is 1. The molecule has 0 spiro atoms. The fourth-order valence-corrected chi connectivity index (χ4v) is 4.13. The molecule has 1 unspecified atom stereocenters. The minimum atomic E-state index is -0.916. The maximum absolute atomic E-state index is 12.5. The van der Waals surface area contributed by atoms with Crippen LogP contribution in [0, 0.1) is 0 Å². The smallest absolute Gasteiger partial charge is 0.422 e. The SMILES string of the molecule is O=C(O)Cc1ccc(NC(=C2CC=CC3=C2C2OC(=O)N3C2=O)c2ccccc2)cc1. The van der Waals surface area contributed by atoms with Crippen molar-refractivity contribution in [2.75, 3.05) is 5.32 Å². The van der Waals surface area contributed by atoms with Crippen LogP contribution in [0.5, 0.6) is 0 Å². The van der Waals surface area contributed by atoms with Crippen LogP contribution in [0.4, 0.5) is 10.5 Å². The van der Waals surface area contributed by atoms with Gasteiger partial charge in [0, 0.05) is 17.0 Å². The normalized spacial score (nSPS) is 20.6. The molecule has 2 amide bonds. The molecule has 0 radical (unpaired) electrons. The van der Waals surface area contributed by atoms with Crippen molar-refractivity contribution < 1.29 is 24.2 Å². The lowest BCUT2D eigenvalue weighted by Crippen LogP contribution is -2.26. The first-order valence-corrected chi connectivity index (χ1v) is 9.85. The van der Waals surface area contributed by atoms with E-state index in [1.54, 1.807) is 18.2 Å². The summed E-state index contributed by atoms with van der Waals surface area (Å²) in [4.78, 5) is 36.6. The highest BCUT2D eigenvalue weighted by Crippen LogP contribution is 2.44. The monoisotopic (exact) mass is 414 g/mol. The molecule has 2 aromatic rings. The summed E-state index contributed by atoms with van der Waals surface area (Å²) in [5, 5.41) is 12.4. The predicted molar refractivity (Wildman–Crippen MR) is 113 cm³/mol. The maximum atomic E-state index is 12.5. The van der Waals surface area contributed by atoms with E-state index in [4.69, 9.17) is 9.84 Å². The van der Waals surface area contributed by atoms with Gasteiger partial charge in [0.05, 0.1) is 12.1 Å². The number of carbonyl (C=O) groups is 3. The Balaban J connectivity index is 1.59. The van der Waals surface area contributed by atoms with E-state index in [1.807, 2.05) is 48.5 Å². The Kier molecular flexibility index (Phi) is 4.43. The van der Waals surface area contributed by atoms with Crippen LogP contribution in [0.2, 0.25) is 0 Å². The second-order valence-corrected chi connectivity index (χ2v) is 7.45. The first-order valence-electron chi connectivity index (χ1n) is 9.85. The number of anilines is 1. The highest BCUT2D eigenvalue weighted by molar-refractivity contribution is 6.09. The van der Waals surface area contributed by atoms with E-state index in [9.17, 15) is 14.4 Å². The number of allylic oxidation sites excluding steroid dienone is 2. The third-order valence-electron chi connectivity index (χ3n) is 5.49. The Bertz CT molecular complexity index is 1190. The van der Waals surface area contributed by atoms with Crippen LogP contribution in [-0.4, -0.2) is 34.1 Å². The average molecular weight is 414 g/mol. The molecule has 0 saturated carbocycles. The quantitative estimate of drug-likeness (QED) is 0.774. The molecule has 2 aliphatic heterocycles. The summed E-state index contributed by atoms with van der Waals surface area (Å²) in [6, 6.07) is 16.9. The lowest BCUT2D eigenvalue weighted by atomic mass is 9.89. The summed E-state index contributed by atoms with van der Waals surface area (Å²) < 4.78 is 5.29. The number of nitrogens with zero attached hydrogens (tertiary/aromatic N) is 1. The largest absolute Gasteiger partial charge is 0.481 e. The van der Waals surface area contributed by atoms with Gasteiger partial charge in [-0.3, -0.25) is 9.59 Å². The average Bonchev–Trinajstić information content (AvgIpc) is 3.21. The fraction of sp³-hybridized carbons (Fsp3) is 0.125. The van der Waals surface area contributed by atoms with Crippen molar-refractivity contribution in [1.82, 2.24) is 4.90 Å². The van der Waals surface area contributed by atoms with Crippen LogP contribution in [0.15, 0.2) is 83.6 Å². The van der Waals surface area contributed by atoms with Gasteiger partial charge in [-0.05, 0) is 41.3 Å². The lowest BCUT2D eigenvalue weighted by molar-refractivity contribution is -0.136. The predicted octanol–water partition coefficient (Wildman–Crippen LogP) is 3.71. The molecule has 7 nitrogen and oxygen atoms in total. The van der Waals surface area contributed by atoms with Crippen molar-refractivity contribution in [3.63, 3.8) is 0 Å². The summed E-state index contributed by atoms with van der Waals surface area (Å²) in [6.07, 6.45) is 2.70. The number of fused-ring (bicyclic) bond motifs is 4. The third kappa shape index (κ3) is 3.20. The molecule has 1 saturated heterocycles. The number of carboxylic acid groups (broad SMARTS) is 1. The fourth-order valence-electron chi connectivity index (χ4n) is 4.13. The molecule has 0 aromatic heterocycles. The molecule has 154 valence electrons. The molecule has 3 aliphatic rings. The van der Waals surface area contributed by atoms with Gasteiger partial charge in [0.15, 0.2) is 0 Å². The summed E-state index contributed by atoms with van der Waals surface area (Å²) in [7, 11) is 0. The molecule has 1 aliphatic carbocycles. The maximum Gasteiger partial charge on any atom is 0.422 e. The molecular weight excluding hydrogens is 396 g/mol. The molecule has 2 bridgehead atoms. The number of carboxylic acids is 1. The Morgan fingerprint density at radius 1 is 1.10 bits per heavy atom. The Labute approximate surface area is 177 Å². The van der Waals surface area contributed by atoms with Crippen LogP contribution >= 0.6 is 0 Å². The number of hydrogen-bond donors (Lipinski definition) is 2. The molecule has 7 heteroatoms. The molecule has 2 N–H and O–H groups in total. The molecule has 1 fully saturated rings. The highest BCUT2D eigenvalue weighted by atomic mass is 16.6. The first kappa shape index (κ1) is 18.9. The van der Waals surface area contributed by atoms with Crippen LogP contribution < -0.4 is 5.32 Å². The summed E-state index contributed by atoms with van der Waals surface area (Å²) in [5.41, 5.74) is 5.37. The zero-order chi connectivity index (χ0) is 21.5. The van der Waals surface area contributed by atoms with Gasteiger partial charge in [-0.25, -0.2) is 9.69 Å². The number of hydrogen-bond acceptors (Lipinski definition) is 5. The number of imide groups is 1. The molecule has 2 aromatic carbocycles. The highest BCUT2D eigenvalue weighted by Gasteiger charge is 2.53. The van der Waals surface area contributed by atoms with E-state index in [0.717, 1.165) is 27.4 Å².